The van der Waals surface area contributed by atoms with Crippen LogP contribution in [0.1, 0.15) is 40.8 Å². The van der Waals surface area contributed by atoms with Gasteiger partial charge in [-0.3, -0.25) is 10.1 Å². The topological polar surface area (TPSA) is 59.6 Å². The molecule has 0 aliphatic carbocycles. The van der Waals surface area contributed by atoms with E-state index in [4.69, 9.17) is 9.47 Å². The summed E-state index contributed by atoms with van der Waals surface area (Å²) in [6.07, 6.45) is 1.69. The average molecular weight is 433 g/mol. The number of hydrogen-bond acceptors (Lipinski definition) is 4. The molecule has 32 heavy (non-hydrogen) atoms. The van der Waals surface area contributed by atoms with E-state index in [-0.39, 0.29) is 11.9 Å². The maximum atomic E-state index is 12.8. The fourth-order valence-corrected chi connectivity index (χ4v) is 3.80. The van der Waals surface area contributed by atoms with Gasteiger partial charge in [0.15, 0.2) is 11.5 Å². The van der Waals surface area contributed by atoms with E-state index in [0.717, 1.165) is 24.0 Å². The monoisotopic (exact) mass is 432 g/mol. The summed E-state index contributed by atoms with van der Waals surface area (Å²) in [5, 5.41) is 6.39. The molecule has 3 aromatic carbocycles. The highest BCUT2D eigenvalue weighted by Gasteiger charge is 2.24. The molecule has 2 N–H and O–H groups in total. The number of carbonyl (C=O) groups excluding carboxylic acids is 1. The Morgan fingerprint density at radius 3 is 2.19 bits per heavy atom. The molecule has 0 aromatic heterocycles. The van der Waals surface area contributed by atoms with Crippen LogP contribution in [0.15, 0.2) is 72.8 Å². The zero-order valence-corrected chi connectivity index (χ0v) is 19.2. The van der Waals surface area contributed by atoms with E-state index in [1.54, 1.807) is 21.3 Å². The van der Waals surface area contributed by atoms with E-state index in [1.165, 1.54) is 11.1 Å². The second-order valence-electron chi connectivity index (χ2n) is 7.82. The molecule has 5 nitrogen and oxygen atoms in total. The van der Waals surface area contributed by atoms with Crippen molar-refractivity contribution in [3.63, 3.8) is 0 Å². The van der Waals surface area contributed by atoms with Crippen molar-refractivity contribution in [1.82, 2.24) is 10.6 Å². The molecule has 3 rings (SSSR count). The van der Waals surface area contributed by atoms with Gasteiger partial charge in [-0.05, 0) is 48.6 Å². The first kappa shape index (κ1) is 23.4. The summed E-state index contributed by atoms with van der Waals surface area (Å²) in [4.78, 5) is 12.8. The highest BCUT2D eigenvalue weighted by atomic mass is 16.5. The Labute approximate surface area is 190 Å². The van der Waals surface area contributed by atoms with Gasteiger partial charge in [-0.15, -0.1) is 0 Å². The van der Waals surface area contributed by atoms with Crippen LogP contribution >= 0.6 is 0 Å². The highest BCUT2D eigenvalue weighted by molar-refractivity contribution is 5.83. The summed E-state index contributed by atoms with van der Waals surface area (Å²) in [5.74, 6) is 1.28. The maximum Gasteiger partial charge on any atom is 0.241 e. The normalized spacial score (nSPS) is 12.6. The van der Waals surface area contributed by atoms with E-state index >= 15 is 0 Å². The molecule has 0 saturated heterocycles. The standard InChI is InChI=1S/C27H32N2O3/c1-19-10-12-20(13-11-19)14-16-23(22-15-17-24(31-3)25(18-22)32-4)29-26(27(30)28-2)21-8-6-5-7-9-21/h5-13,15,17-18,23,26,29H,14,16H2,1-4H3,(H,28,30)/t23-,26?/m1/s1. The third-order valence-electron chi connectivity index (χ3n) is 5.66. The fourth-order valence-electron chi connectivity index (χ4n) is 3.80. The molecule has 0 fully saturated rings. The molecule has 0 spiro atoms. The van der Waals surface area contributed by atoms with Crippen LogP contribution in [-0.4, -0.2) is 27.2 Å². The lowest BCUT2D eigenvalue weighted by molar-refractivity contribution is -0.123. The number of likely N-dealkylation sites (N-methyl/N-ethyl adjacent to an activating group) is 1. The second kappa shape index (κ2) is 11.3. The van der Waals surface area contributed by atoms with E-state index < -0.39 is 6.04 Å². The van der Waals surface area contributed by atoms with Gasteiger partial charge >= 0.3 is 0 Å². The van der Waals surface area contributed by atoms with Gasteiger partial charge in [0.05, 0.1) is 14.2 Å². The van der Waals surface area contributed by atoms with Crippen LogP contribution in [-0.2, 0) is 11.2 Å². The lowest BCUT2D eigenvalue weighted by atomic mass is 9.95. The smallest absolute Gasteiger partial charge is 0.241 e. The van der Waals surface area contributed by atoms with Gasteiger partial charge in [0, 0.05) is 13.1 Å². The largest absolute Gasteiger partial charge is 0.493 e. The Bertz CT molecular complexity index is 1000. The molecular formula is C27H32N2O3. The maximum absolute atomic E-state index is 12.8. The van der Waals surface area contributed by atoms with Crippen LogP contribution in [0.4, 0.5) is 0 Å². The van der Waals surface area contributed by atoms with Crippen molar-refractivity contribution >= 4 is 5.91 Å². The van der Waals surface area contributed by atoms with Gasteiger partial charge in [0.1, 0.15) is 6.04 Å². The number of benzene rings is 3. The number of rotatable bonds is 10. The van der Waals surface area contributed by atoms with E-state index in [2.05, 4.69) is 41.8 Å². The minimum absolute atomic E-state index is 0.0707. The van der Waals surface area contributed by atoms with Crippen molar-refractivity contribution in [2.24, 2.45) is 0 Å². The molecule has 1 amide bonds. The van der Waals surface area contributed by atoms with Crippen LogP contribution in [0.25, 0.3) is 0 Å². The number of hydrogen-bond donors (Lipinski definition) is 2. The van der Waals surface area contributed by atoms with Gasteiger partial charge in [-0.1, -0.05) is 66.2 Å². The highest BCUT2D eigenvalue weighted by Crippen LogP contribution is 2.32. The molecule has 1 unspecified atom stereocenters. The molecule has 2 atom stereocenters. The molecule has 0 bridgehead atoms. The predicted molar refractivity (Wildman–Crippen MR) is 128 cm³/mol. The summed E-state index contributed by atoms with van der Waals surface area (Å²) in [5.41, 5.74) is 4.47. The molecule has 168 valence electrons. The van der Waals surface area contributed by atoms with Gasteiger partial charge in [-0.2, -0.15) is 0 Å². The number of nitrogens with one attached hydrogen (secondary N) is 2. The third kappa shape index (κ3) is 5.89. The molecule has 5 heteroatoms. The summed E-state index contributed by atoms with van der Waals surface area (Å²) in [7, 11) is 4.92. The molecule has 0 aliphatic rings. The van der Waals surface area contributed by atoms with Crippen LogP contribution in [0.3, 0.4) is 0 Å². The minimum atomic E-state index is -0.475. The quantitative estimate of drug-likeness (QED) is 0.485. The van der Waals surface area contributed by atoms with Gasteiger partial charge in [0.25, 0.3) is 0 Å². The molecule has 0 heterocycles. The van der Waals surface area contributed by atoms with Crippen LogP contribution in [0.2, 0.25) is 0 Å². The van der Waals surface area contributed by atoms with Crippen molar-refractivity contribution in [1.29, 1.82) is 0 Å². The van der Waals surface area contributed by atoms with Crippen molar-refractivity contribution in [3.05, 3.63) is 95.1 Å². The fraction of sp³-hybridized carbons (Fsp3) is 0.296. The van der Waals surface area contributed by atoms with Crippen LogP contribution in [0, 0.1) is 6.92 Å². The van der Waals surface area contributed by atoms with E-state index in [1.807, 2.05) is 48.5 Å². The van der Waals surface area contributed by atoms with Gasteiger partial charge in [-0.25, -0.2) is 0 Å². The molecule has 0 aliphatic heterocycles. The predicted octanol–water partition coefficient (Wildman–Crippen LogP) is 4.76. The van der Waals surface area contributed by atoms with Crippen molar-refractivity contribution in [2.75, 3.05) is 21.3 Å². The number of aryl methyl sites for hydroxylation is 2. The summed E-state index contributed by atoms with van der Waals surface area (Å²) in [6.45, 7) is 2.09. The average Bonchev–Trinajstić information content (AvgIpc) is 2.85. The molecule has 0 saturated carbocycles. The lowest BCUT2D eigenvalue weighted by Gasteiger charge is -2.26. The van der Waals surface area contributed by atoms with Crippen molar-refractivity contribution < 1.29 is 14.3 Å². The minimum Gasteiger partial charge on any atom is -0.493 e. The molecule has 3 aromatic rings. The van der Waals surface area contributed by atoms with Gasteiger partial charge in [0.2, 0.25) is 5.91 Å². The Balaban J connectivity index is 1.93. The van der Waals surface area contributed by atoms with Crippen LogP contribution in [0.5, 0.6) is 11.5 Å². The zero-order valence-electron chi connectivity index (χ0n) is 19.2. The molecule has 0 radical (unpaired) electrons. The summed E-state index contributed by atoms with van der Waals surface area (Å²) >= 11 is 0. The molecular weight excluding hydrogens is 400 g/mol. The summed E-state index contributed by atoms with van der Waals surface area (Å²) in [6, 6.07) is 23.7. The summed E-state index contributed by atoms with van der Waals surface area (Å²) < 4.78 is 10.9. The Kier molecular flexibility index (Phi) is 8.28. The van der Waals surface area contributed by atoms with Crippen molar-refractivity contribution in [3.8, 4) is 11.5 Å². The van der Waals surface area contributed by atoms with E-state index in [9.17, 15) is 4.79 Å². The first-order valence-electron chi connectivity index (χ1n) is 10.9. The number of ether oxygens (including phenoxy) is 2. The first-order valence-corrected chi connectivity index (χ1v) is 10.9. The third-order valence-corrected chi connectivity index (χ3v) is 5.66. The second-order valence-corrected chi connectivity index (χ2v) is 7.82. The SMILES string of the molecule is CNC(=O)C(N[C@H](CCc1ccc(C)cc1)c1ccc(OC)c(OC)c1)c1ccccc1. The number of methoxy groups -OCH3 is 2. The van der Waals surface area contributed by atoms with Crippen molar-refractivity contribution in [2.45, 2.75) is 31.8 Å². The van der Waals surface area contributed by atoms with E-state index in [0.29, 0.717) is 11.5 Å². The Morgan fingerprint density at radius 1 is 0.875 bits per heavy atom. The zero-order chi connectivity index (χ0) is 22.9. The Morgan fingerprint density at radius 2 is 1.56 bits per heavy atom. The Hall–Kier alpha value is -3.31. The van der Waals surface area contributed by atoms with Gasteiger partial charge < -0.3 is 14.8 Å². The number of amides is 1. The lowest BCUT2D eigenvalue weighted by Crippen LogP contribution is -2.38. The number of carbonyl (C=O) groups is 1. The first-order chi connectivity index (χ1) is 15.5. The van der Waals surface area contributed by atoms with Crippen LogP contribution < -0.4 is 20.1 Å².